The molecule has 0 saturated heterocycles. The molecule has 20 heavy (non-hydrogen) atoms. The van der Waals surface area contributed by atoms with Crippen LogP contribution in [0.2, 0.25) is 0 Å². The summed E-state index contributed by atoms with van der Waals surface area (Å²) < 4.78 is 32.9. The predicted octanol–water partition coefficient (Wildman–Crippen LogP) is 2.24. The number of nitrogen functional groups attached to an aromatic ring is 1. The summed E-state index contributed by atoms with van der Waals surface area (Å²) >= 11 is 3.28. The average Bonchev–Trinajstić information content (AvgIpc) is 2.39. The monoisotopic (exact) mass is 357 g/mol. The van der Waals surface area contributed by atoms with Crippen LogP contribution in [-0.2, 0) is 10.0 Å². The third-order valence-corrected chi connectivity index (χ3v) is 4.40. The van der Waals surface area contributed by atoms with Crippen molar-refractivity contribution in [1.82, 2.24) is 4.98 Å². The number of sulfonamides is 1. The number of anilines is 2. The molecule has 106 valence electrons. The Morgan fingerprint density at radius 3 is 2.75 bits per heavy atom. The molecule has 6 nitrogen and oxygen atoms in total. The van der Waals surface area contributed by atoms with E-state index in [2.05, 4.69) is 25.6 Å². The zero-order chi connectivity index (χ0) is 14.8. The average molecular weight is 358 g/mol. The summed E-state index contributed by atoms with van der Waals surface area (Å²) in [5.74, 6) is 0.341. The van der Waals surface area contributed by atoms with E-state index >= 15 is 0 Å². The first-order valence-corrected chi connectivity index (χ1v) is 7.78. The van der Waals surface area contributed by atoms with Crippen LogP contribution in [0.15, 0.2) is 45.9 Å². The number of nitrogens with two attached hydrogens (primary N) is 1. The molecule has 3 N–H and O–H groups in total. The molecule has 0 aliphatic heterocycles. The molecule has 0 unspecified atom stereocenters. The van der Waals surface area contributed by atoms with Crippen LogP contribution in [0.4, 0.5) is 11.5 Å². The largest absolute Gasteiger partial charge is 0.495 e. The smallest absolute Gasteiger partial charge is 0.265 e. The van der Waals surface area contributed by atoms with Crippen LogP contribution in [0.25, 0.3) is 0 Å². The standard InChI is InChI=1S/C12H12BrN3O3S/c1-19-10-5-4-8(13)7-9(10)16-20(17,18)11-3-2-6-15-12(11)14/h2-7,16H,1H3,(H2,14,15). The second kappa shape index (κ2) is 5.68. The Kier molecular flexibility index (Phi) is 4.15. The summed E-state index contributed by atoms with van der Waals surface area (Å²) in [6.07, 6.45) is 1.42. The Labute approximate surface area is 125 Å². The highest BCUT2D eigenvalue weighted by Gasteiger charge is 2.19. The second-order valence-corrected chi connectivity index (χ2v) is 6.40. The summed E-state index contributed by atoms with van der Waals surface area (Å²) in [6.45, 7) is 0. The highest BCUT2D eigenvalue weighted by atomic mass is 79.9. The Balaban J connectivity index is 2.44. The number of nitrogens with one attached hydrogen (secondary N) is 1. The number of rotatable bonds is 4. The number of hydrogen-bond donors (Lipinski definition) is 2. The Morgan fingerprint density at radius 1 is 1.35 bits per heavy atom. The van der Waals surface area contributed by atoms with Gasteiger partial charge in [-0.1, -0.05) is 15.9 Å². The van der Waals surface area contributed by atoms with Gasteiger partial charge in [0, 0.05) is 10.7 Å². The molecule has 8 heteroatoms. The molecule has 0 aliphatic rings. The molecule has 0 radical (unpaired) electrons. The van der Waals surface area contributed by atoms with Crippen molar-refractivity contribution < 1.29 is 13.2 Å². The first-order chi connectivity index (χ1) is 9.44. The van der Waals surface area contributed by atoms with Gasteiger partial charge in [0.25, 0.3) is 10.0 Å². The second-order valence-electron chi connectivity index (χ2n) is 3.84. The molecular formula is C12H12BrN3O3S. The first kappa shape index (κ1) is 14.6. The van der Waals surface area contributed by atoms with E-state index in [9.17, 15) is 8.42 Å². The fourth-order valence-electron chi connectivity index (χ4n) is 1.59. The molecule has 0 spiro atoms. The number of nitrogens with zero attached hydrogens (tertiary/aromatic N) is 1. The predicted molar refractivity (Wildman–Crippen MR) is 80.2 cm³/mol. The molecule has 1 aromatic heterocycles. The zero-order valence-electron chi connectivity index (χ0n) is 10.5. The van der Waals surface area contributed by atoms with Crippen molar-refractivity contribution in [3.63, 3.8) is 0 Å². The van der Waals surface area contributed by atoms with Crippen molar-refractivity contribution >= 4 is 37.5 Å². The fourth-order valence-corrected chi connectivity index (χ4v) is 3.10. The van der Waals surface area contributed by atoms with Crippen LogP contribution in [0.1, 0.15) is 0 Å². The van der Waals surface area contributed by atoms with Gasteiger partial charge < -0.3 is 10.5 Å². The van der Waals surface area contributed by atoms with Gasteiger partial charge in [0.1, 0.15) is 16.5 Å². The number of benzene rings is 1. The molecule has 0 fully saturated rings. The topological polar surface area (TPSA) is 94.3 Å². The van der Waals surface area contributed by atoms with Crippen molar-refractivity contribution in [3.8, 4) is 5.75 Å². The Morgan fingerprint density at radius 2 is 2.10 bits per heavy atom. The summed E-state index contributed by atoms with van der Waals surface area (Å²) in [5.41, 5.74) is 5.90. The van der Waals surface area contributed by atoms with E-state index in [1.54, 1.807) is 18.2 Å². The van der Waals surface area contributed by atoms with Crippen LogP contribution < -0.4 is 15.2 Å². The van der Waals surface area contributed by atoms with E-state index in [1.807, 2.05) is 0 Å². The molecule has 1 aromatic carbocycles. The molecule has 2 rings (SSSR count). The van der Waals surface area contributed by atoms with Gasteiger partial charge in [0.05, 0.1) is 12.8 Å². The molecule has 1 heterocycles. The normalized spacial score (nSPS) is 11.1. The minimum Gasteiger partial charge on any atom is -0.495 e. The number of pyridine rings is 1. The van der Waals surface area contributed by atoms with Gasteiger partial charge in [-0.15, -0.1) is 0 Å². The van der Waals surface area contributed by atoms with Gasteiger partial charge >= 0.3 is 0 Å². The van der Waals surface area contributed by atoms with Crippen molar-refractivity contribution in [2.45, 2.75) is 4.90 Å². The summed E-state index contributed by atoms with van der Waals surface area (Å²) in [5, 5.41) is 0. The van der Waals surface area contributed by atoms with E-state index in [1.165, 1.54) is 25.4 Å². The number of aromatic nitrogens is 1. The van der Waals surface area contributed by atoms with Crippen LogP contribution >= 0.6 is 15.9 Å². The maximum atomic E-state index is 12.3. The maximum Gasteiger partial charge on any atom is 0.265 e. The lowest BCUT2D eigenvalue weighted by Gasteiger charge is -2.12. The first-order valence-electron chi connectivity index (χ1n) is 5.51. The van der Waals surface area contributed by atoms with Gasteiger partial charge in [-0.25, -0.2) is 13.4 Å². The van der Waals surface area contributed by atoms with E-state index in [0.29, 0.717) is 11.4 Å². The third kappa shape index (κ3) is 3.02. The zero-order valence-corrected chi connectivity index (χ0v) is 12.9. The number of hydrogen-bond acceptors (Lipinski definition) is 5. The fraction of sp³-hybridized carbons (Fsp3) is 0.0833. The molecule has 0 bridgehead atoms. The quantitative estimate of drug-likeness (QED) is 0.874. The van der Waals surface area contributed by atoms with Gasteiger partial charge in [0.15, 0.2) is 0 Å². The van der Waals surface area contributed by atoms with Crippen LogP contribution in [0.5, 0.6) is 5.75 Å². The van der Waals surface area contributed by atoms with Crippen LogP contribution in [0, 0.1) is 0 Å². The minimum atomic E-state index is -3.83. The summed E-state index contributed by atoms with van der Waals surface area (Å²) in [7, 11) is -2.37. The molecule has 0 saturated carbocycles. The van der Waals surface area contributed by atoms with E-state index in [-0.39, 0.29) is 10.7 Å². The van der Waals surface area contributed by atoms with E-state index in [0.717, 1.165) is 4.47 Å². The number of halogens is 1. The van der Waals surface area contributed by atoms with Gasteiger partial charge in [-0.2, -0.15) is 0 Å². The van der Waals surface area contributed by atoms with Crippen molar-refractivity contribution in [2.75, 3.05) is 17.6 Å². The van der Waals surface area contributed by atoms with E-state index in [4.69, 9.17) is 10.5 Å². The van der Waals surface area contributed by atoms with Gasteiger partial charge in [0.2, 0.25) is 0 Å². The summed E-state index contributed by atoms with van der Waals surface area (Å²) in [4.78, 5) is 3.68. The van der Waals surface area contributed by atoms with E-state index < -0.39 is 10.0 Å². The third-order valence-electron chi connectivity index (χ3n) is 2.50. The highest BCUT2D eigenvalue weighted by Crippen LogP contribution is 2.30. The number of methoxy groups -OCH3 is 1. The van der Waals surface area contributed by atoms with Gasteiger partial charge in [-0.3, -0.25) is 4.72 Å². The molecule has 2 aromatic rings. The lowest BCUT2D eigenvalue weighted by Crippen LogP contribution is -2.16. The van der Waals surface area contributed by atoms with Crippen molar-refractivity contribution in [3.05, 3.63) is 41.0 Å². The minimum absolute atomic E-state index is 0.0611. The molecular weight excluding hydrogens is 346 g/mol. The van der Waals surface area contributed by atoms with Crippen molar-refractivity contribution in [2.24, 2.45) is 0 Å². The number of ether oxygens (including phenoxy) is 1. The van der Waals surface area contributed by atoms with Crippen molar-refractivity contribution in [1.29, 1.82) is 0 Å². The lowest BCUT2D eigenvalue weighted by molar-refractivity contribution is 0.417. The SMILES string of the molecule is COc1ccc(Br)cc1NS(=O)(=O)c1cccnc1N. The Hall–Kier alpha value is -1.80. The highest BCUT2D eigenvalue weighted by molar-refractivity contribution is 9.10. The lowest BCUT2D eigenvalue weighted by atomic mass is 10.3. The molecule has 0 atom stereocenters. The van der Waals surface area contributed by atoms with Gasteiger partial charge in [-0.05, 0) is 30.3 Å². The maximum absolute atomic E-state index is 12.3. The Bertz CT molecular complexity index is 734. The molecule has 0 amide bonds. The van der Waals surface area contributed by atoms with Crippen LogP contribution in [0.3, 0.4) is 0 Å². The molecule has 0 aliphatic carbocycles. The summed E-state index contributed by atoms with van der Waals surface area (Å²) in [6, 6.07) is 7.88. The van der Waals surface area contributed by atoms with Crippen LogP contribution in [-0.4, -0.2) is 20.5 Å².